The third kappa shape index (κ3) is 2.03. The summed E-state index contributed by atoms with van der Waals surface area (Å²) in [6.07, 6.45) is 0.0843. The predicted octanol–water partition coefficient (Wildman–Crippen LogP) is 0.561. The number of rotatable bonds is 6. The fourth-order valence-corrected chi connectivity index (χ4v) is 2.12. The van der Waals surface area contributed by atoms with E-state index in [1.807, 2.05) is 0 Å². The Hall–Kier alpha value is -1.14. The van der Waals surface area contributed by atoms with Gasteiger partial charge in [0.1, 0.15) is 5.92 Å². The fraction of sp³-hybridized carbons (Fsp3) is 0.800. The molecule has 0 spiro atoms. The molecule has 0 bridgehead atoms. The van der Waals surface area contributed by atoms with Crippen LogP contribution in [0, 0.1) is 11.8 Å². The summed E-state index contributed by atoms with van der Waals surface area (Å²) < 4.78 is 10.6. The van der Waals surface area contributed by atoms with Crippen molar-refractivity contribution in [1.29, 1.82) is 0 Å². The van der Waals surface area contributed by atoms with Crippen LogP contribution in [-0.2, 0) is 19.1 Å². The number of carboxylic acid groups (broad SMARTS) is 2. The minimum absolute atomic E-state index is 0.0843. The number of carbonyl (C=O) groups is 2. The van der Waals surface area contributed by atoms with Crippen LogP contribution in [0.1, 0.15) is 20.3 Å². The molecule has 1 fully saturated rings. The highest BCUT2D eigenvalue weighted by Gasteiger charge is 2.63. The first-order chi connectivity index (χ1) is 7.48. The minimum Gasteiger partial charge on any atom is -0.481 e. The van der Waals surface area contributed by atoms with Crippen molar-refractivity contribution >= 4 is 11.9 Å². The number of aliphatic carboxylic acids is 2. The average molecular weight is 232 g/mol. The number of hydrogen-bond acceptors (Lipinski definition) is 4. The van der Waals surface area contributed by atoms with Crippen molar-refractivity contribution in [3.05, 3.63) is 0 Å². The molecule has 1 saturated carbocycles. The number of carboxylic acids is 2. The van der Waals surface area contributed by atoms with Gasteiger partial charge in [-0.2, -0.15) is 0 Å². The zero-order chi connectivity index (χ0) is 12.3. The summed E-state index contributed by atoms with van der Waals surface area (Å²) in [6.45, 7) is 4.01. The minimum atomic E-state index is -1.27. The predicted molar refractivity (Wildman–Crippen MR) is 52.9 cm³/mol. The SMILES string of the molecule is CCOC1(OCC)C[C@H](C(=O)O)[C@H]1C(=O)O. The molecule has 2 atom stereocenters. The van der Waals surface area contributed by atoms with Crippen molar-refractivity contribution in [3.8, 4) is 0 Å². The van der Waals surface area contributed by atoms with Crippen molar-refractivity contribution in [3.63, 3.8) is 0 Å². The van der Waals surface area contributed by atoms with Crippen LogP contribution in [-0.4, -0.2) is 41.2 Å². The lowest BCUT2D eigenvalue weighted by molar-refractivity contribution is -0.320. The van der Waals surface area contributed by atoms with Gasteiger partial charge in [-0.1, -0.05) is 0 Å². The van der Waals surface area contributed by atoms with Crippen LogP contribution in [0.4, 0.5) is 0 Å². The Morgan fingerprint density at radius 2 is 1.69 bits per heavy atom. The first kappa shape index (κ1) is 12.9. The summed E-state index contributed by atoms with van der Waals surface area (Å²) in [6, 6.07) is 0. The molecule has 1 aliphatic carbocycles. The molecule has 1 rings (SSSR count). The van der Waals surface area contributed by atoms with Gasteiger partial charge in [-0.15, -0.1) is 0 Å². The molecule has 1 aliphatic rings. The number of hydrogen-bond donors (Lipinski definition) is 2. The van der Waals surface area contributed by atoms with Crippen molar-refractivity contribution in [2.45, 2.75) is 26.1 Å². The van der Waals surface area contributed by atoms with Crippen LogP contribution in [0.15, 0.2) is 0 Å². The van der Waals surface area contributed by atoms with Gasteiger partial charge < -0.3 is 19.7 Å². The zero-order valence-corrected chi connectivity index (χ0v) is 9.30. The molecule has 92 valence electrons. The molecule has 2 N–H and O–H groups in total. The van der Waals surface area contributed by atoms with Gasteiger partial charge in [0.15, 0.2) is 5.79 Å². The molecule has 0 amide bonds. The second-order valence-corrected chi connectivity index (χ2v) is 3.64. The molecule has 0 aromatic carbocycles. The van der Waals surface area contributed by atoms with E-state index in [0.717, 1.165) is 0 Å². The van der Waals surface area contributed by atoms with E-state index in [4.69, 9.17) is 19.7 Å². The van der Waals surface area contributed by atoms with E-state index >= 15 is 0 Å². The van der Waals surface area contributed by atoms with E-state index in [-0.39, 0.29) is 19.6 Å². The molecule has 0 aliphatic heterocycles. The normalized spacial score (nSPS) is 27.1. The van der Waals surface area contributed by atoms with E-state index < -0.39 is 29.6 Å². The maximum atomic E-state index is 11.0. The van der Waals surface area contributed by atoms with Crippen LogP contribution in [0.3, 0.4) is 0 Å². The van der Waals surface area contributed by atoms with Crippen molar-refractivity contribution in [2.75, 3.05) is 13.2 Å². The average Bonchev–Trinajstić information content (AvgIpc) is 2.12. The van der Waals surface area contributed by atoms with Crippen LogP contribution in [0.5, 0.6) is 0 Å². The molecule has 0 aromatic heterocycles. The lowest BCUT2D eigenvalue weighted by atomic mass is 9.67. The topological polar surface area (TPSA) is 93.1 Å². The van der Waals surface area contributed by atoms with Gasteiger partial charge in [-0.3, -0.25) is 9.59 Å². The molecule has 6 nitrogen and oxygen atoms in total. The van der Waals surface area contributed by atoms with E-state index in [0.29, 0.717) is 0 Å². The highest BCUT2D eigenvalue weighted by molar-refractivity contribution is 5.83. The van der Waals surface area contributed by atoms with E-state index in [2.05, 4.69) is 0 Å². The van der Waals surface area contributed by atoms with Gasteiger partial charge >= 0.3 is 11.9 Å². The molecule has 0 heterocycles. The van der Waals surface area contributed by atoms with Crippen molar-refractivity contribution in [2.24, 2.45) is 11.8 Å². The Bertz CT molecular complexity index is 281. The first-order valence-corrected chi connectivity index (χ1v) is 5.22. The molecule has 0 saturated heterocycles. The van der Waals surface area contributed by atoms with Crippen LogP contribution in [0.25, 0.3) is 0 Å². The number of ether oxygens (including phenoxy) is 2. The molecule has 0 radical (unpaired) electrons. The fourth-order valence-electron chi connectivity index (χ4n) is 2.12. The van der Waals surface area contributed by atoms with Crippen LogP contribution < -0.4 is 0 Å². The largest absolute Gasteiger partial charge is 0.481 e. The molecule has 16 heavy (non-hydrogen) atoms. The first-order valence-electron chi connectivity index (χ1n) is 5.22. The summed E-state index contributed by atoms with van der Waals surface area (Å²) in [7, 11) is 0. The molecule has 0 aromatic rings. The Morgan fingerprint density at radius 1 is 1.19 bits per heavy atom. The monoisotopic (exact) mass is 232 g/mol. The maximum Gasteiger partial charge on any atom is 0.312 e. The highest BCUT2D eigenvalue weighted by atomic mass is 16.7. The quantitative estimate of drug-likeness (QED) is 0.650. The van der Waals surface area contributed by atoms with Gasteiger partial charge in [0.05, 0.1) is 5.92 Å². The second kappa shape index (κ2) is 4.80. The zero-order valence-electron chi connectivity index (χ0n) is 9.30. The van der Waals surface area contributed by atoms with Crippen LogP contribution in [0.2, 0.25) is 0 Å². The van der Waals surface area contributed by atoms with Crippen molar-refractivity contribution < 1.29 is 29.3 Å². The third-order valence-electron chi connectivity index (χ3n) is 2.74. The smallest absolute Gasteiger partial charge is 0.312 e. The summed E-state index contributed by atoms with van der Waals surface area (Å²) in [4.78, 5) is 21.9. The summed E-state index contributed by atoms with van der Waals surface area (Å²) in [5.41, 5.74) is 0. The Morgan fingerprint density at radius 3 is 2.00 bits per heavy atom. The second-order valence-electron chi connectivity index (χ2n) is 3.64. The highest BCUT2D eigenvalue weighted by Crippen LogP contribution is 2.48. The van der Waals surface area contributed by atoms with Crippen molar-refractivity contribution in [1.82, 2.24) is 0 Å². The van der Waals surface area contributed by atoms with Gasteiger partial charge in [-0.25, -0.2) is 0 Å². The third-order valence-corrected chi connectivity index (χ3v) is 2.74. The maximum absolute atomic E-state index is 11.0. The molecular formula is C10H16O6. The Kier molecular flexibility index (Phi) is 3.88. The summed E-state index contributed by atoms with van der Waals surface area (Å²) in [5, 5.41) is 17.9. The summed E-state index contributed by atoms with van der Waals surface area (Å²) in [5.74, 6) is -5.65. The van der Waals surface area contributed by atoms with E-state index in [1.165, 1.54) is 0 Å². The van der Waals surface area contributed by atoms with Crippen LogP contribution >= 0.6 is 0 Å². The van der Waals surface area contributed by atoms with Gasteiger partial charge in [0, 0.05) is 19.6 Å². The van der Waals surface area contributed by atoms with Gasteiger partial charge in [-0.05, 0) is 13.8 Å². The van der Waals surface area contributed by atoms with Gasteiger partial charge in [0.2, 0.25) is 0 Å². The Balaban J connectivity index is 2.86. The lowest BCUT2D eigenvalue weighted by Gasteiger charge is -2.49. The summed E-state index contributed by atoms with van der Waals surface area (Å²) >= 11 is 0. The molecule has 0 unspecified atom stereocenters. The van der Waals surface area contributed by atoms with Gasteiger partial charge in [0.25, 0.3) is 0 Å². The lowest BCUT2D eigenvalue weighted by Crippen LogP contribution is -2.62. The van der Waals surface area contributed by atoms with E-state index in [9.17, 15) is 9.59 Å². The Labute approximate surface area is 93.2 Å². The molecule has 6 heteroatoms. The molecular weight excluding hydrogens is 216 g/mol. The van der Waals surface area contributed by atoms with E-state index in [1.54, 1.807) is 13.8 Å². The standard InChI is InChI=1S/C10H16O6/c1-3-15-10(16-4-2)5-6(8(11)12)7(10)9(13)14/h6-7H,3-5H2,1-2H3,(H,11,12)(H,13,14)/t6-,7-/m0/s1.